The Kier molecular flexibility index (Phi) is 6.48. The van der Waals surface area contributed by atoms with E-state index in [0.29, 0.717) is 13.1 Å². The maximum absolute atomic E-state index is 11.7. The molecular weight excluding hydrogens is 266 g/mol. The number of rotatable bonds is 5. The van der Waals surface area contributed by atoms with Gasteiger partial charge in [0.05, 0.1) is 13.0 Å². The molecule has 1 aliphatic rings. The number of aliphatic carboxylic acids is 1. The Hall–Kier alpha value is -2.12. The van der Waals surface area contributed by atoms with Crippen molar-refractivity contribution < 1.29 is 24.3 Å². The number of carbonyl (C=O) groups excluding carboxylic acids is 3. The monoisotopic (exact) mass is 285 g/mol. The zero-order valence-corrected chi connectivity index (χ0v) is 11.2. The van der Waals surface area contributed by atoms with Crippen LogP contribution >= 0.6 is 0 Å². The van der Waals surface area contributed by atoms with Crippen molar-refractivity contribution in [3.8, 4) is 0 Å². The fourth-order valence-corrected chi connectivity index (χ4v) is 1.86. The third-order valence-electron chi connectivity index (χ3n) is 2.93. The van der Waals surface area contributed by atoms with Crippen molar-refractivity contribution >= 4 is 23.8 Å². The summed E-state index contributed by atoms with van der Waals surface area (Å²) in [5, 5.41) is 12.6. The van der Waals surface area contributed by atoms with Gasteiger partial charge in [-0.2, -0.15) is 0 Å². The van der Waals surface area contributed by atoms with Gasteiger partial charge in [-0.25, -0.2) is 4.79 Å². The van der Waals surface area contributed by atoms with Crippen molar-refractivity contribution in [3.05, 3.63) is 0 Å². The molecule has 1 rings (SSSR count). The van der Waals surface area contributed by atoms with E-state index in [1.54, 1.807) is 4.90 Å². The lowest BCUT2D eigenvalue weighted by Gasteiger charge is -2.26. The Morgan fingerprint density at radius 3 is 2.25 bits per heavy atom. The van der Waals surface area contributed by atoms with Gasteiger partial charge in [0.1, 0.15) is 0 Å². The molecule has 112 valence electrons. The molecule has 1 saturated heterocycles. The van der Waals surface area contributed by atoms with Crippen LogP contribution in [-0.4, -0.2) is 53.5 Å². The number of imide groups is 1. The Labute approximate surface area is 116 Å². The Morgan fingerprint density at radius 2 is 1.65 bits per heavy atom. The average Bonchev–Trinajstić information content (AvgIpc) is 2.43. The quantitative estimate of drug-likeness (QED) is 0.640. The number of carbonyl (C=O) groups is 4. The maximum atomic E-state index is 11.7. The molecule has 0 radical (unpaired) electrons. The third kappa shape index (κ3) is 6.17. The molecule has 20 heavy (non-hydrogen) atoms. The Bertz CT molecular complexity index is 391. The van der Waals surface area contributed by atoms with E-state index >= 15 is 0 Å². The molecule has 0 bridgehead atoms. The lowest BCUT2D eigenvalue weighted by molar-refractivity contribution is -0.138. The van der Waals surface area contributed by atoms with Gasteiger partial charge >= 0.3 is 12.0 Å². The summed E-state index contributed by atoms with van der Waals surface area (Å²) in [6.45, 7) is 1.22. The highest BCUT2D eigenvalue weighted by molar-refractivity contribution is 5.96. The number of piperidine rings is 1. The second kappa shape index (κ2) is 8.13. The number of carboxylic acid groups (broad SMARTS) is 1. The molecule has 0 aromatic heterocycles. The first-order chi connectivity index (χ1) is 9.49. The van der Waals surface area contributed by atoms with Gasteiger partial charge in [-0.05, 0) is 19.3 Å². The van der Waals surface area contributed by atoms with Crippen LogP contribution < -0.4 is 10.6 Å². The van der Waals surface area contributed by atoms with Gasteiger partial charge in [-0.1, -0.05) is 0 Å². The van der Waals surface area contributed by atoms with Crippen molar-refractivity contribution in [3.63, 3.8) is 0 Å². The first kappa shape index (κ1) is 15.9. The van der Waals surface area contributed by atoms with Crippen LogP contribution in [0.25, 0.3) is 0 Å². The van der Waals surface area contributed by atoms with Gasteiger partial charge in [0.15, 0.2) is 0 Å². The predicted octanol–water partition coefficient (Wildman–Crippen LogP) is -0.310. The van der Waals surface area contributed by atoms with Gasteiger partial charge in [-0.3, -0.25) is 19.7 Å². The minimum absolute atomic E-state index is 0.169. The molecule has 0 aromatic rings. The van der Waals surface area contributed by atoms with E-state index in [0.717, 1.165) is 19.3 Å². The molecule has 0 atom stereocenters. The highest BCUT2D eigenvalue weighted by atomic mass is 16.4. The van der Waals surface area contributed by atoms with E-state index in [1.165, 1.54) is 0 Å². The number of nitrogens with one attached hydrogen (secondary N) is 2. The second-order valence-electron chi connectivity index (χ2n) is 4.57. The summed E-state index contributed by atoms with van der Waals surface area (Å²) in [6.07, 6.45) is 2.42. The minimum atomic E-state index is -1.11. The smallest absolute Gasteiger partial charge is 0.321 e. The Balaban J connectivity index is 2.20. The molecule has 0 unspecified atom stereocenters. The SMILES string of the molecule is O=C(O)CCC(=O)NC(=O)NCC(=O)N1CCCCC1. The molecular formula is C12H19N3O5. The second-order valence-corrected chi connectivity index (χ2v) is 4.57. The number of amides is 4. The number of urea groups is 1. The number of nitrogens with zero attached hydrogens (tertiary/aromatic N) is 1. The molecule has 0 aliphatic carbocycles. The number of likely N-dealkylation sites (tertiary alicyclic amines) is 1. The molecule has 0 saturated carbocycles. The number of carboxylic acids is 1. The van der Waals surface area contributed by atoms with Crippen LogP contribution in [0.2, 0.25) is 0 Å². The van der Waals surface area contributed by atoms with Crippen molar-refractivity contribution in [2.24, 2.45) is 0 Å². The van der Waals surface area contributed by atoms with E-state index in [1.807, 2.05) is 5.32 Å². The summed E-state index contributed by atoms with van der Waals surface area (Å²) < 4.78 is 0. The van der Waals surface area contributed by atoms with Crippen LogP contribution in [0, 0.1) is 0 Å². The first-order valence-corrected chi connectivity index (χ1v) is 6.56. The molecule has 3 N–H and O–H groups in total. The number of hydrogen-bond donors (Lipinski definition) is 3. The zero-order chi connectivity index (χ0) is 15.0. The molecule has 1 heterocycles. The minimum Gasteiger partial charge on any atom is -0.481 e. The van der Waals surface area contributed by atoms with E-state index < -0.39 is 17.9 Å². The molecule has 8 nitrogen and oxygen atoms in total. The summed E-state index contributed by atoms with van der Waals surface area (Å²) >= 11 is 0. The van der Waals surface area contributed by atoms with Crippen LogP contribution in [-0.2, 0) is 14.4 Å². The molecule has 4 amide bonds. The van der Waals surface area contributed by atoms with E-state index in [9.17, 15) is 19.2 Å². The van der Waals surface area contributed by atoms with Crippen molar-refractivity contribution in [1.29, 1.82) is 0 Å². The molecule has 1 fully saturated rings. The van der Waals surface area contributed by atoms with E-state index in [-0.39, 0.29) is 25.3 Å². The van der Waals surface area contributed by atoms with Crippen LogP contribution in [0.1, 0.15) is 32.1 Å². The lowest BCUT2D eigenvalue weighted by atomic mass is 10.1. The summed E-state index contributed by atoms with van der Waals surface area (Å²) in [5.41, 5.74) is 0. The highest BCUT2D eigenvalue weighted by Crippen LogP contribution is 2.08. The zero-order valence-electron chi connectivity index (χ0n) is 11.2. The normalized spacial score (nSPS) is 14.5. The molecule has 1 aliphatic heterocycles. The third-order valence-corrected chi connectivity index (χ3v) is 2.93. The van der Waals surface area contributed by atoms with Gasteiger partial charge in [-0.15, -0.1) is 0 Å². The van der Waals surface area contributed by atoms with Gasteiger partial charge in [0.25, 0.3) is 0 Å². The van der Waals surface area contributed by atoms with Crippen molar-refractivity contribution in [2.45, 2.75) is 32.1 Å². The summed E-state index contributed by atoms with van der Waals surface area (Å²) in [4.78, 5) is 46.1. The molecule has 8 heteroatoms. The van der Waals surface area contributed by atoms with E-state index in [4.69, 9.17) is 5.11 Å². The van der Waals surface area contributed by atoms with Crippen molar-refractivity contribution in [2.75, 3.05) is 19.6 Å². The lowest BCUT2D eigenvalue weighted by Crippen LogP contribution is -2.46. The summed E-state index contributed by atoms with van der Waals surface area (Å²) in [6, 6.07) is -0.786. The largest absolute Gasteiger partial charge is 0.481 e. The number of hydrogen-bond acceptors (Lipinski definition) is 4. The first-order valence-electron chi connectivity index (χ1n) is 6.56. The van der Waals surface area contributed by atoms with Crippen LogP contribution in [0.4, 0.5) is 4.79 Å². The Morgan fingerprint density at radius 1 is 1.00 bits per heavy atom. The molecule has 0 aromatic carbocycles. The van der Waals surface area contributed by atoms with Crippen molar-refractivity contribution in [1.82, 2.24) is 15.5 Å². The molecule has 0 spiro atoms. The summed E-state index contributed by atoms with van der Waals surface area (Å²) in [7, 11) is 0. The van der Waals surface area contributed by atoms with Crippen LogP contribution in [0.3, 0.4) is 0 Å². The topological polar surface area (TPSA) is 116 Å². The predicted molar refractivity (Wildman–Crippen MR) is 68.8 cm³/mol. The maximum Gasteiger partial charge on any atom is 0.321 e. The van der Waals surface area contributed by atoms with Gasteiger partial charge in [0.2, 0.25) is 11.8 Å². The average molecular weight is 285 g/mol. The standard InChI is InChI=1S/C12H19N3O5/c16-9(4-5-11(18)19)14-12(20)13-8-10(17)15-6-2-1-3-7-15/h1-8H2,(H,18,19)(H2,13,14,16,20). The van der Waals surface area contributed by atoms with Gasteiger partial charge in [0, 0.05) is 19.5 Å². The fourth-order valence-electron chi connectivity index (χ4n) is 1.86. The van der Waals surface area contributed by atoms with E-state index in [2.05, 4.69) is 5.32 Å². The fraction of sp³-hybridized carbons (Fsp3) is 0.667. The summed E-state index contributed by atoms with van der Waals surface area (Å²) in [5.74, 6) is -1.98. The van der Waals surface area contributed by atoms with Gasteiger partial charge < -0.3 is 15.3 Å². The van der Waals surface area contributed by atoms with Crippen LogP contribution in [0.5, 0.6) is 0 Å². The van der Waals surface area contributed by atoms with Crippen LogP contribution in [0.15, 0.2) is 0 Å². The highest BCUT2D eigenvalue weighted by Gasteiger charge is 2.17.